The van der Waals surface area contributed by atoms with Gasteiger partial charge in [0.15, 0.2) is 0 Å². The smallest absolute Gasteiger partial charge is 0.325 e. The second-order valence-electron chi connectivity index (χ2n) is 12.1. The van der Waals surface area contributed by atoms with Crippen molar-refractivity contribution in [3.05, 3.63) is 64.4 Å². The number of hydrogen-bond donors (Lipinski definition) is 2. The normalized spacial score (nSPS) is 22.2. The first-order valence-corrected chi connectivity index (χ1v) is 13.9. The minimum atomic E-state index is -0.334. The Morgan fingerprint density at radius 1 is 1.05 bits per heavy atom. The number of phenols is 2. The van der Waals surface area contributed by atoms with E-state index in [1.807, 2.05) is 17.0 Å². The predicted molar refractivity (Wildman–Crippen MR) is 146 cm³/mol. The highest BCUT2D eigenvalue weighted by molar-refractivity contribution is 5.83. The van der Waals surface area contributed by atoms with Gasteiger partial charge in [-0.1, -0.05) is 26.0 Å². The summed E-state index contributed by atoms with van der Waals surface area (Å²) in [4.78, 5) is 20.3. The van der Waals surface area contributed by atoms with E-state index in [4.69, 9.17) is 4.74 Å². The first-order chi connectivity index (χ1) is 18.1. The molecule has 0 bridgehead atoms. The van der Waals surface area contributed by atoms with Crippen molar-refractivity contribution in [1.82, 2.24) is 14.7 Å². The molecule has 1 aliphatic carbocycles. The topological polar surface area (TPSA) is 76.5 Å². The number of aromatic hydroxyl groups is 2. The van der Waals surface area contributed by atoms with Crippen LogP contribution in [0.1, 0.15) is 74.6 Å². The molecule has 2 saturated heterocycles. The lowest BCUT2D eigenvalue weighted by atomic mass is 9.77. The third-order valence-corrected chi connectivity index (χ3v) is 9.13. The van der Waals surface area contributed by atoms with E-state index in [1.54, 1.807) is 19.2 Å². The predicted octanol–water partition coefficient (Wildman–Crippen LogP) is 5.45. The number of hydrogen-bond acceptors (Lipinski definition) is 5. The van der Waals surface area contributed by atoms with Gasteiger partial charge in [-0.15, -0.1) is 0 Å². The van der Waals surface area contributed by atoms with Gasteiger partial charge in [0.2, 0.25) is 0 Å². The fourth-order valence-corrected chi connectivity index (χ4v) is 7.03. The highest BCUT2D eigenvalue weighted by Crippen LogP contribution is 2.51. The summed E-state index contributed by atoms with van der Waals surface area (Å²) in [6.45, 7) is 10.2. The number of likely N-dealkylation sites (tertiary alicyclic amines) is 1. The van der Waals surface area contributed by atoms with Gasteiger partial charge in [-0.2, -0.15) is 0 Å². The number of carbonyl (C=O) groups is 1. The molecule has 2 amide bonds. The Labute approximate surface area is 225 Å². The highest BCUT2D eigenvalue weighted by Gasteiger charge is 2.55. The second kappa shape index (κ2) is 8.94. The molecule has 6 rings (SSSR count). The average Bonchev–Trinajstić information content (AvgIpc) is 3.70. The number of nitrogens with zero attached hydrogens (tertiary/aromatic N) is 3. The molecule has 7 nitrogen and oxygen atoms in total. The van der Waals surface area contributed by atoms with Gasteiger partial charge in [0.25, 0.3) is 0 Å². The Balaban J connectivity index is 1.31. The van der Waals surface area contributed by atoms with Gasteiger partial charge in [0.1, 0.15) is 17.2 Å². The number of amides is 2. The largest absolute Gasteiger partial charge is 0.508 e. The van der Waals surface area contributed by atoms with Crippen molar-refractivity contribution in [1.29, 1.82) is 0 Å². The van der Waals surface area contributed by atoms with E-state index in [9.17, 15) is 15.0 Å². The molecule has 2 aromatic rings. The molecule has 0 aromatic heterocycles. The van der Waals surface area contributed by atoms with Crippen molar-refractivity contribution >= 4 is 6.03 Å². The molecule has 1 saturated carbocycles. The van der Waals surface area contributed by atoms with Crippen LogP contribution < -0.4 is 4.74 Å². The number of fused-ring (bicyclic) bond motifs is 3. The number of carbonyl (C=O) groups excluding carboxylic acids is 1. The van der Waals surface area contributed by atoms with E-state index in [2.05, 4.69) is 42.7 Å². The third-order valence-electron chi connectivity index (χ3n) is 9.13. The summed E-state index contributed by atoms with van der Waals surface area (Å²) >= 11 is 0. The number of rotatable bonds is 5. The molecule has 2 aromatic carbocycles. The molecular weight excluding hydrogens is 478 g/mol. The molecular formula is C31H39N3O4. The number of methoxy groups -OCH3 is 1. The Bertz CT molecular complexity index is 1300. The van der Waals surface area contributed by atoms with Crippen LogP contribution in [-0.4, -0.2) is 63.2 Å². The monoisotopic (exact) mass is 517 g/mol. The SMILES string of the molecule is CCN1C(=O)N2Cc3cc(O)c(C4CC4)cc3C(C)(C)C=C2C12CCN(Cc1cc(O)cc(OC)c1)CC2. The number of allylic oxidation sites excluding steroid dienone is 1. The lowest BCUT2D eigenvalue weighted by Gasteiger charge is -2.44. The molecule has 0 atom stereocenters. The number of phenolic OH excluding ortho intramolecular Hbond substituents is 2. The molecule has 4 aliphatic rings. The van der Waals surface area contributed by atoms with Crippen LogP contribution >= 0.6 is 0 Å². The molecule has 7 heteroatoms. The summed E-state index contributed by atoms with van der Waals surface area (Å²) in [6, 6.07) is 9.59. The molecule has 202 valence electrons. The maximum Gasteiger partial charge on any atom is 0.325 e. The number of likely N-dealkylation sites (N-methyl/N-ethyl adjacent to an activating group) is 1. The fourth-order valence-electron chi connectivity index (χ4n) is 7.03. The molecule has 3 fully saturated rings. The van der Waals surface area contributed by atoms with Crippen molar-refractivity contribution in [3.8, 4) is 17.2 Å². The van der Waals surface area contributed by atoms with E-state index in [0.29, 0.717) is 30.5 Å². The van der Waals surface area contributed by atoms with Crippen LogP contribution in [0, 0.1) is 0 Å². The lowest BCUT2D eigenvalue weighted by molar-refractivity contribution is 0.0885. The zero-order chi connectivity index (χ0) is 26.8. The Hall–Kier alpha value is -3.19. The first kappa shape index (κ1) is 25.1. The van der Waals surface area contributed by atoms with Crippen LogP contribution in [0.4, 0.5) is 4.79 Å². The van der Waals surface area contributed by atoms with E-state index in [-0.39, 0.29) is 22.7 Å². The molecule has 0 unspecified atom stereocenters. The van der Waals surface area contributed by atoms with Crippen molar-refractivity contribution in [3.63, 3.8) is 0 Å². The van der Waals surface area contributed by atoms with Gasteiger partial charge in [-0.3, -0.25) is 9.80 Å². The van der Waals surface area contributed by atoms with E-state index in [0.717, 1.165) is 67.7 Å². The quantitative estimate of drug-likeness (QED) is 0.552. The van der Waals surface area contributed by atoms with Crippen molar-refractivity contribution < 1.29 is 19.7 Å². The molecule has 3 heterocycles. The number of ether oxygens (including phenoxy) is 1. The third kappa shape index (κ3) is 4.03. The fraction of sp³-hybridized carbons (Fsp3) is 0.516. The molecule has 1 spiro atoms. The zero-order valence-corrected chi connectivity index (χ0v) is 23.0. The average molecular weight is 518 g/mol. The minimum absolute atomic E-state index is 0.0688. The summed E-state index contributed by atoms with van der Waals surface area (Å²) in [5, 5.41) is 20.9. The summed E-state index contributed by atoms with van der Waals surface area (Å²) < 4.78 is 5.34. The standard InChI is InChI=1S/C31H39N3O4/c1-5-34-29(37)33-19-22-14-27(36)25(21-6-7-21)16-26(22)30(2,3)17-28(33)31(34)8-10-32(11-9-31)18-20-12-23(35)15-24(13-20)38-4/h12-17,21,35-36H,5-11,18-19H2,1-4H3. The van der Waals surface area contributed by atoms with Gasteiger partial charge in [0, 0.05) is 43.4 Å². The van der Waals surface area contributed by atoms with E-state index >= 15 is 0 Å². The number of urea groups is 1. The molecule has 0 radical (unpaired) electrons. The number of benzene rings is 2. The highest BCUT2D eigenvalue weighted by atomic mass is 16.5. The van der Waals surface area contributed by atoms with Crippen molar-refractivity contribution in [2.75, 3.05) is 26.7 Å². The van der Waals surface area contributed by atoms with Gasteiger partial charge in [-0.25, -0.2) is 4.79 Å². The van der Waals surface area contributed by atoms with Crippen LogP contribution in [0.25, 0.3) is 0 Å². The lowest BCUT2D eigenvalue weighted by Crippen LogP contribution is -2.53. The Kier molecular flexibility index (Phi) is 5.91. The molecule has 3 aliphatic heterocycles. The molecule has 38 heavy (non-hydrogen) atoms. The first-order valence-electron chi connectivity index (χ1n) is 13.9. The summed E-state index contributed by atoms with van der Waals surface area (Å²) in [6.07, 6.45) is 6.33. The maximum absolute atomic E-state index is 13.9. The maximum atomic E-state index is 13.9. The summed E-state index contributed by atoms with van der Waals surface area (Å²) in [7, 11) is 1.61. The van der Waals surface area contributed by atoms with E-state index < -0.39 is 0 Å². The number of piperidine rings is 1. The van der Waals surface area contributed by atoms with Crippen molar-refractivity contribution in [2.24, 2.45) is 0 Å². The van der Waals surface area contributed by atoms with Gasteiger partial charge < -0.3 is 19.8 Å². The zero-order valence-electron chi connectivity index (χ0n) is 23.0. The van der Waals surface area contributed by atoms with Gasteiger partial charge in [-0.05, 0) is 79.0 Å². The Morgan fingerprint density at radius 3 is 2.45 bits per heavy atom. The summed E-state index contributed by atoms with van der Waals surface area (Å²) in [5.41, 5.74) is 4.87. The van der Waals surface area contributed by atoms with Crippen molar-refractivity contribution in [2.45, 2.75) is 76.4 Å². The van der Waals surface area contributed by atoms with E-state index in [1.165, 1.54) is 5.56 Å². The van der Waals surface area contributed by atoms with Gasteiger partial charge >= 0.3 is 6.03 Å². The summed E-state index contributed by atoms with van der Waals surface area (Å²) in [5.74, 6) is 1.70. The van der Waals surface area contributed by atoms with Crippen LogP contribution in [0.2, 0.25) is 0 Å². The van der Waals surface area contributed by atoms with Crippen LogP contribution in [0.5, 0.6) is 17.2 Å². The molecule has 2 N–H and O–H groups in total. The second-order valence-corrected chi connectivity index (χ2v) is 12.1. The van der Waals surface area contributed by atoms with Crippen LogP contribution in [0.3, 0.4) is 0 Å². The minimum Gasteiger partial charge on any atom is -0.508 e. The van der Waals surface area contributed by atoms with Crippen LogP contribution in [0.15, 0.2) is 42.1 Å². The van der Waals surface area contributed by atoms with Crippen LogP contribution in [-0.2, 0) is 18.5 Å². The Morgan fingerprint density at radius 2 is 1.79 bits per heavy atom. The van der Waals surface area contributed by atoms with Gasteiger partial charge in [0.05, 0.1) is 19.2 Å².